The molecule has 4 rings (SSSR count). The number of likely N-dealkylation sites (tertiary alicyclic amines) is 1. The van der Waals surface area contributed by atoms with Gasteiger partial charge in [0, 0.05) is 42.2 Å². The summed E-state index contributed by atoms with van der Waals surface area (Å²) in [6, 6.07) is 12.6. The maximum Gasteiger partial charge on any atom is 0.573 e. The molecule has 11 heteroatoms. The molecule has 1 aliphatic heterocycles. The lowest BCUT2D eigenvalue weighted by Gasteiger charge is -2.33. The SMILES string of the molecule is C/C=C/CNC(=S)N1CCC(c2nc(C(=O)Nc3ccccc3-c3ccc(OC(F)(F)F)cc3)cs2)CC1. The van der Waals surface area contributed by atoms with E-state index in [0.717, 1.165) is 36.1 Å². The third-order valence-corrected chi connectivity index (χ3v) is 7.48. The first kappa shape index (κ1) is 27.6. The second-order valence-electron chi connectivity index (χ2n) is 8.66. The van der Waals surface area contributed by atoms with Crippen LogP contribution in [0.25, 0.3) is 11.1 Å². The van der Waals surface area contributed by atoms with Crippen LogP contribution in [0.15, 0.2) is 66.1 Å². The van der Waals surface area contributed by atoms with Gasteiger partial charge in [0.2, 0.25) is 0 Å². The standard InChI is InChI=1S/C27H27F3N4O2S2/c1-2-3-14-31-26(37)34-15-12-19(13-16-34)25-33-23(17-38-25)24(35)32-22-7-5-4-6-21(22)18-8-10-20(11-9-18)36-27(28,29)30/h2-11,17,19H,12-16H2,1H3,(H,31,37)(H,32,35)/b3-2+. The minimum Gasteiger partial charge on any atom is -0.406 e. The summed E-state index contributed by atoms with van der Waals surface area (Å²) < 4.78 is 41.3. The first-order valence-corrected chi connectivity index (χ1v) is 13.4. The Balaban J connectivity index is 1.38. The van der Waals surface area contributed by atoms with Gasteiger partial charge in [-0.3, -0.25) is 4.79 Å². The van der Waals surface area contributed by atoms with Crippen LogP contribution in [0, 0.1) is 0 Å². The molecular weight excluding hydrogens is 533 g/mol. The zero-order chi connectivity index (χ0) is 27.1. The van der Waals surface area contributed by atoms with Gasteiger partial charge < -0.3 is 20.3 Å². The van der Waals surface area contributed by atoms with Crippen molar-refractivity contribution in [3.63, 3.8) is 0 Å². The molecule has 0 bridgehead atoms. The first-order chi connectivity index (χ1) is 18.2. The number of carbonyl (C=O) groups excluding carboxylic acids is 1. The van der Waals surface area contributed by atoms with Crippen molar-refractivity contribution in [2.45, 2.75) is 32.0 Å². The zero-order valence-corrected chi connectivity index (χ0v) is 22.3. The van der Waals surface area contributed by atoms with Crippen molar-refractivity contribution in [1.29, 1.82) is 0 Å². The highest BCUT2D eigenvalue weighted by Gasteiger charge is 2.31. The molecule has 0 unspecified atom stereocenters. The molecule has 0 aliphatic carbocycles. The van der Waals surface area contributed by atoms with E-state index in [1.54, 1.807) is 29.6 Å². The number of nitrogens with one attached hydrogen (secondary N) is 2. The number of nitrogens with zero attached hydrogens (tertiary/aromatic N) is 2. The van der Waals surface area contributed by atoms with E-state index in [9.17, 15) is 18.0 Å². The van der Waals surface area contributed by atoms with E-state index in [2.05, 4.69) is 25.3 Å². The number of rotatable bonds is 7. The molecule has 1 aliphatic rings. The average Bonchev–Trinajstić information content (AvgIpc) is 3.40. The number of benzene rings is 2. The Bertz CT molecular complexity index is 1280. The second kappa shape index (κ2) is 12.4. The minimum absolute atomic E-state index is 0.265. The number of aromatic nitrogens is 1. The Labute approximate surface area is 228 Å². The highest BCUT2D eigenvalue weighted by molar-refractivity contribution is 7.80. The van der Waals surface area contributed by atoms with E-state index in [1.165, 1.54) is 35.6 Å². The van der Waals surface area contributed by atoms with Gasteiger partial charge in [0.05, 0.1) is 5.01 Å². The van der Waals surface area contributed by atoms with Crippen molar-refractivity contribution in [2.75, 3.05) is 25.0 Å². The van der Waals surface area contributed by atoms with E-state index < -0.39 is 6.36 Å². The second-order valence-corrected chi connectivity index (χ2v) is 9.94. The Morgan fingerprint density at radius 1 is 1.18 bits per heavy atom. The van der Waals surface area contributed by atoms with E-state index in [0.29, 0.717) is 29.1 Å². The van der Waals surface area contributed by atoms with Crippen LogP contribution in [0.3, 0.4) is 0 Å². The molecule has 0 spiro atoms. The summed E-state index contributed by atoms with van der Waals surface area (Å²) in [5.74, 6) is -0.389. The molecule has 0 atom stereocenters. The topological polar surface area (TPSA) is 66.5 Å². The Hall–Kier alpha value is -3.44. The number of para-hydroxylation sites is 1. The molecule has 1 fully saturated rings. The molecule has 38 heavy (non-hydrogen) atoms. The molecule has 1 saturated heterocycles. The van der Waals surface area contributed by atoms with Gasteiger partial charge in [-0.1, -0.05) is 42.5 Å². The fourth-order valence-electron chi connectivity index (χ4n) is 4.15. The number of carbonyl (C=O) groups is 1. The maximum atomic E-state index is 13.0. The molecule has 2 heterocycles. The Morgan fingerprint density at radius 3 is 2.58 bits per heavy atom. The molecule has 2 N–H and O–H groups in total. The van der Waals surface area contributed by atoms with Gasteiger partial charge in [-0.15, -0.1) is 24.5 Å². The van der Waals surface area contributed by atoms with Gasteiger partial charge in [-0.2, -0.15) is 0 Å². The molecule has 200 valence electrons. The van der Waals surface area contributed by atoms with Crippen LogP contribution in [-0.4, -0.2) is 46.9 Å². The summed E-state index contributed by atoms with van der Waals surface area (Å²) in [7, 11) is 0. The number of amides is 1. The summed E-state index contributed by atoms with van der Waals surface area (Å²) in [5, 5.41) is 9.56. The van der Waals surface area contributed by atoms with Crippen LogP contribution in [0.1, 0.15) is 41.2 Å². The summed E-state index contributed by atoms with van der Waals surface area (Å²) >= 11 is 6.95. The number of anilines is 1. The fourth-order valence-corrected chi connectivity index (χ4v) is 5.39. The predicted octanol–water partition coefficient (Wildman–Crippen LogP) is 6.59. The lowest BCUT2D eigenvalue weighted by Crippen LogP contribution is -2.43. The minimum atomic E-state index is -4.76. The van der Waals surface area contributed by atoms with Crippen LogP contribution in [0.4, 0.5) is 18.9 Å². The number of ether oxygens (including phenoxy) is 1. The molecular formula is C27H27F3N4O2S2. The monoisotopic (exact) mass is 560 g/mol. The predicted molar refractivity (Wildman–Crippen MR) is 148 cm³/mol. The fraction of sp³-hybridized carbons (Fsp3) is 0.296. The lowest BCUT2D eigenvalue weighted by atomic mass is 9.98. The van der Waals surface area contributed by atoms with Crippen molar-refractivity contribution in [3.05, 3.63) is 76.8 Å². The number of hydrogen-bond donors (Lipinski definition) is 2. The smallest absolute Gasteiger partial charge is 0.406 e. The van der Waals surface area contributed by atoms with Crippen molar-refractivity contribution < 1.29 is 22.7 Å². The molecule has 1 aromatic heterocycles. The third-order valence-electron chi connectivity index (χ3n) is 6.07. The summed E-state index contributed by atoms with van der Waals surface area (Å²) in [6.07, 6.45) is 1.04. The summed E-state index contributed by atoms with van der Waals surface area (Å²) in [5.41, 5.74) is 2.17. The molecule has 3 aromatic rings. The maximum absolute atomic E-state index is 13.0. The zero-order valence-electron chi connectivity index (χ0n) is 20.6. The van der Waals surface area contributed by atoms with Crippen molar-refractivity contribution >= 4 is 40.3 Å². The van der Waals surface area contributed by atoms with E-state index in [-0.39, 0.29) is 17.6 Å². The van der Waals surface area contributed by atoms with Gasteiger partial charge >= 0.3 is 6.36 Å². The number of alkyl halides is 3. The molecule has 6 nitrogen and oxygen atoms in total. The number of piperidine rings is 1. The third kappa shape index (κ3) is 7.32. The first-order valence-electron chi connectivity index (χ1n) is 12.1. The number of hydrogen-bond acceptors (Lipinski definition) is 5. The normalized spacial score (nSPS) is 14.5. The van der Waals surface area contributed by atoms with Gasteiger partial charge in [0.25, 0.3) is 5.91 Å². The highest BCUT2D eigenvalue weighted by Crippen LogP contribution is 2.33. The van der Waals surface area contributed by atoms with Crippen LogP contribution in [-0.2, 0) is 0 Å². The average molecular weight is 561 g/mol. The summed E-state index contributed by atoms with van der Waals surface area (Å²) in [4.78, 5) is 19.8. The molecule has 0 saturated carbocycles. The van der Waals surface area contributed by atoms with Crippen LogP contribution in [0.5, 0.6) is 5.75 Å². The summed E-state index contributed by atoms with van der Waals surface area (Å²) in [6.45, 7) is 4.33. The van der Waals surface area contributed by atoms with E-state index in [1.807, 2.05) is 19.1 Å². The van der Waals surface area contributed by atoms with Gasteiger partial charge in [-0.25, -0.2) is 4.98 Å². The molecule has 2 aromatic carbocycles. The van der Waals surface area contributed by atoms with Gasteiger partial charge in [-0.05, 0) is 55.7 Å². The van der Waals surface area contributed by atoms with E-state index >= 15 is 0 Å². The molecule has 1 amide bonds. The van der Waals surface area contributed by atoms with Crippen LogP contribution in [0.2, 0.25) is 0 Å². The van der Waals surface area contributed by atoms with Gasteiger partial charge in [0.15, 0.2) is 5.11 Å². The number of allylic oxidation sites excluding steroid dienone is 1. The van der Waals surface area contributed by atoms with Crippen molar-refractivity contribution in [3.8, 4) is 16.9 Å². The number of thiocarbonyl (C=S) groups is 1. The van der Waals surface area contributed by atoms with Crippen LogP contribution < -0.4 is 15.4 Å². The van der Waals surface area contributed by atoms with E-state index in [4.69, 9.17) is 12.2 Å². The Kier molecular flexibility index (Phi) is 9.01. The van der Waals surface area contributed by atoms with Crippen LogP contribution >= 0.6 is 23.6 Å². The van der Waals surface area contributed by atoms with Gasteiger partial charge in [0.1, 0.15) is 11.4 Å². The lowest BCUT2D eigenvalue weighted by molar-refractivity contribution is -0.274. The van der Waals surface area contributed by atoms with Crippen molar-refractivity contribution in [1.82, 2.24) is 15.2 Å². The largest absolute Gasteiger partial charge is 0.573 e. The Morgan fingerprint density at radius 2 is 1.89 bits per heavy atom. The highest BCUT2D eigenvalue weighted by atomic mass is 32.1. The number of thiazole rings is 1. The molecule has 0 radical (unpaired) electrons. The quantitative estimate of drug-likeness (QED) is 0.251. The van der Waals surface area contributed by atoms with Crippen molar-refractivity contribution in [2.24, 2.45) is 0 Å². The number of halogens is 3.